The lowest BCUT2D eigenvalue weighted by Crippen LogP contribution is -1.88. The lowest BCUT2D eigenvalue weighted by Gasteiger charge is -2.05. The standard InChI is InChI=1S/C16H16N2O3/c1-11(2)12-4-3-5-13(8-12)17-18-14-6-7-15(20)16(9-14)21-10-19/h3-11,20H,1-2H3. The van der Waals surface area contributed by atoms with Crippen LogP contribution in [-0.2, 0) is 4.79 Å². The van der Waals surface area contributed by atoms with Crippen molar-refractivity contribution in [1.82, 2.24) is 0 Å². The monoisotopic (exact) mass is 284 g/mol. The predicted octanol–water partition coefficient (Wildman–Crippen LogP) is 4.47. The maximum Gasteiger partial charge on any atom is 0.298 e. The zero-order valence-corrected chi connectivity index (χ0v) is 11.9. The van der Waals surface area contributed by atoms with E-state index in [9.17, 15) is 9.90 Å². The van der Waals surface area contributed by atoms with E-state index in [-0.39, 0.29) is 18.0 Å². The molecule has 108 valence electrons. The smallest absolute Gasteiger partial charge is 0.298 e. The largest absolute Gasteiger partial charge is 0.504 e. The molecule has 2 aromatic rings. The van der Waals surface area contributed by atoms with E-state index in [1.807, 2.05) is 24.3 Å². The Kier molecular flexibility index (Phi) is 4.66. The van der Waals surface area contributed by atoms with Crippen molar-refractivity contribution < 1.29 is 14.6 Å². The predicted molar refractivity (Wildman–Crippen MR) is 79.5 cm³/mol. The molecule has 0 radical (unpaired) electrons. The molecule has 0 unspecified atom stereocenters. The third kappa shape index (κ3) is 3.89. The van der Waals surface area contributed by atoms with Gasteiger partial charge in [-0.2, -0.15) is 10.2 Å². The fourth-order valence-corrected chi connectivity index (χ4v) is 1.77. The number of azo groups is 1. The first-order valence-corrected chi connectivity index (χ1v) is 6.55. The second kappa shape index (κ2) is 6.65. The van der Waals surface area contributed by atoms with E-state index >= 15 is 0 Å². The highest BCUT2D eigenvalue weighted by Crippen LogP contribution is 2.31. The number of benzene rings is 2. The summed E-state index contributed by atoms with van der Waals surface area (Å²) in [5.41, 5.74) is 2.41. The van der Waals surface area contributed by atoms with Crippen LogP contribution in [-0.4, -0.2) is 11.6 Å². The van der Waals surface area contributed by atoms with Crippen LogP contribution >= 0.6 is 0 Å². The molecule has 2 rings (SSSR count). The first-order chi connectivity index (χ1) is 10.1. The summed E-state index contributed by atoms with van der Waals surface area (Å²) in [6.45, 7) is 4.47. The summed E-state index contributed by atoms with van der Waals surface area (Å²) < 4.78 is 4.65. The van der Waals surface area contributed by atoms with Gasteiger partial charge in [0.25, 0.3) is 6.47 Å². The average molecular weight is 284 g/mol. The Hall–Kier alpha value is -2.69. The summed E-state index contributed by atoms with van der Waals surface area (Å²) in [6, 6.07) is 12.2. The van der Waals surface area contributed by atoms with E-state index in [4.69, 9.17) is 0 Å². The van der Waals surface area contributed by atoms with Crippen molar-refractivity contribution >= 4 is 17.8 Å². The van der Waals surface area contributed by atoms with E-state index in [1.54, 1.807) is 6.07 Å². The Bertz CT molecular complexity index is 666. The van der Waals surface area contributed by atoms with Crippen LogP contribution in [0.25, 0.3) is 0 Å². The third-order valence-corrected chi connectivity index (χ3v) is 2.94. The van der Waals surface area contributed by atoms with Gasteiger partial charge in [0.15, 0.2) is 11.5 Å². The van der Waals surface area contributed by atoms with Gasteiger partial charge in [0.05, 0.1) is 11.4 Å². The molecule has 0 amide bonds. The van der Waals surface area contributed by atoms with E-state index < -0.39 is 0 Å². The van der Waals surface area contributed by atoms with Gasteiger partial charge in [-0.25, -0.2) is 0 Å². The van der Waals surface area contributed by atoms with E-state index in [1.165, 1.54) is 17.7 Å². The molecule has 0 aliphatic carbocycles. The van der Waals surface area contributed by atoms with Crippen molar-refractivity contribution in [2.24, 2.45) is 10.2 Å². The maximum atomic E-state index is 10.3. The number of hydrogen-bond acceptors (Lipinski definition) is 5. The minimum absolute atomic E-state index is 0.0531. The zero-order chi connectivity index (χ0) is 15.2. The molecular weight excluding hydrogens is 268 g/mol. The number of phenols is 1. The molecule has 0 aliphatic heterocycles. The normalized spacial score (nSPS) is 11.0. The van der Waals surface area contributed by atoms with E-state index in [0.29, 0.717) is 11.6 Å². The number of nitrogens with zero attached hydrogens (tertiary/aromatic N) is 2. The van der Waals surface area contributed by atoms with Crippen molar-refractivity contribution in [3.05, 3.63) is 48.0 Å². The molecule has 2 aromatic carbocycles. The van der Waals surface area contributed by atoms with Gasteiger partial charge in [-0.05, 0) is 35.7 Å². The van der Waals surface area contributed by atoms with E-state index in [2.05, 4.69) is 28.8 Å². The topological polar surface area (TPSA) is 71.2 Å². The highest BCUT2D eigenvalue weighted by Gasteiger charge is 2.04. The average Bonchev–Trinajstić information content (AvgIpc) is 2.48. The van der Waals surface area contributed by atoms with Crippen molar-refractivity contribution in [3.63, 3.8) is 0 Å². The van der Waals surface area contributed by atoms with Gasteiger partial charge in [-0.15, -0.1) is 0 Å². The van der Waals surface area contributed by atoms with Gasteiger partial charge in [0.1, 0.15) is 0 Å². The summed E-state index contributed by atoms with van der Waals surface area (Å²) in [4.78, 5) is 10.3. The molecule has 1 N–H and O–H groups in total. The van der Waals surface area contributed by atoms with Crippen molar-refractivity contribution in [2.45, 2.75) is 19.8 Å². The lowest BCUT2D eigenvalue weighted by molar-refractivity contribution is -0.120. The Balaban J connectivity index is 2.23. The fraction of sp³-hybridized carbons (Fsp3) is 0.188. The lowest BCUT2D eigenvalue weighted by atomic mass is 10.0. The number of carbonyl (C=O) groups excluding carboxylic acids is 1. The van der Waals surface area contributed by atoms with Gasteiger partial charge in [-0.1, -0.05) is 26.0 Å². The first-order valence-electron chi connectivity index (χ1n) is 6.55. The Labute approximate surface area is 122 Å². The van der Waals surface area contributed by atoms with Crippen LogP contribution in [0.15, 0.2) is 52.7 Å². The number of carbonyl (C=O) groups is 1. The summed E-state index contributed by atoms with van der Waals surface area (Å²) in [5.74, 6) is 0.349. The summed E-state index contributed by atoms with van der Waals surface area (Å²) in [7, 11) is 0. The highest BCUT2D eigenvalue weighted by molar-refractivity contribution is 5.56. The SMILES string of the molecule is CC(C)c1cccc(N=Nc2ccc(O)c(OC=O)c2)c1. The Morgan fingerprint density at radius 1 is 1.10 bits per heavy atom. The fourth-order valence-electron chi connectivity index (χ4n) is 1.77. The quantitative estimate of drug-likeness (QED) is 0.650. The maximum absolute atomic E-state index is 10.3. The van der Waals surface area contributed by atoms with Gasteiger partial charge in [-0.3, -0.25) is 4.79 Å². The minimum Gasteiger partial charge on any atom is -0.504 e. The van der Waals surface area contributed by atoms with Crippen LogP contribution < -0.4 is 4.74 Å². The second-order valence-corrected chi connectivity index (χ2v) is 4.82. The molecule has 5 heteroatoms. The molecule has 0 heterocycles. The van der Waals surface area contributed by atoms with Crippen molar-refractivity contribution in [2.75, 3.05) is 0 Å². The summed E-state index contributed by atoms with van der Waals surface area (Å²) in [6.07, 6.45) is 0. The Morgan fingerprint density at radius 3 is 2.48 bits per heavy atom. The molecule has 5 nitrogen and oxygen atoms in total. The van der Waals surface area contributed by atoms with Crippen LogP contribution in [0.3, 0.4) is 0 Å². The molecule has 21 heavy (non-hydrogen) atoms. The molecule has 0 saturated carbocycles. The molecule has 0 saturated heterocycles. The zero-order valence-electron chi connectivity index (χ0n) is 11.9. The molecular formula is C16H16N2O3. The van der Waals surface area contributed by atoms with Gasteiger partial charge < -0.3 is 9.84 Å². The number of phenolic OH excluding ortho intramolecular Hbond substituents is 1. The molecule has 0 spiro atoms. The number of rotatable bonds is 5. The molecule has 0 fully saturated rings. The molecule has 0 aromatic heterocycles. The minimum atomic E-state index is -0.122. The van der Waals surface area contributed by atoms with Crippen LogP contribution in [0, 0.1) is 0 Å². The molecule has 0 aliphatic rings. The number of ether oxygens (including phenoxy) is 1. The first kappa shape index (κ1) is 14.7. The van der Waals surface area contributed by atoms with Crippen molar-refractivity contribution in [1.29, 1.82) is 0 Å². The summed E-state index contributed by atoms with van der Waals surface area (Å²) in [5, 5.41) is 17.7. The van der Waals surface area contributed by atoms with E-state index in [0.717, 1.165) is 5.69 Å². The highest BCUT2D eigenvalue weighted by atomic mass is 16.5. The van der Waals surface area contributed by atoms with Gasteiger partial charge in [0, 0.05) is 6.07 Å². The molecule has 0 atom stereocenters. The Morgan fingerprint density at radius 2 is 1.81 bits per heavy atom. The van der Waals surface area contributed by atoms with Crippen LogP contribution in [0.5, 0.6) is 11.5 Å². The summed E-state index contributed by atoms with van der Waals surface area (Å²) >= 11 is 0. The number of aromatic hydroxyl groups is 1. The van der Waals surface area contributed by atoms with Crippen LogP contribution in [0.2, 0.25) is 0 Å². The second-order valence-electron chi connectivity index (χ2n) is 4.82. The molecule has 0 bridgehead atoms. The number of hydrogen-bond donors (Lipinski definition) is 1. The van der Waals surface area contributed by atoms with Gasteiger partial charge >= 0.3 is 0 Å². The van der Waals surface area contributed by atoms with Gasteiger partial charge in [0.2, 0.25) is 0 Å². The van der Waals surface area contributed by atoms with Crippen LogP contribution in [0.1, 0.15) is 25.3 Å². The van der Waals surface area contributed by atoms with Crippen LogP contribution in [0.4, 0.5) is 11.4 Å². The third-order valence-electron chi connectivity index (χ3n) is 2.94. The van der Waals surface area contributed by atoms with Crippen molar-refractivity contribution in [3.8, 4) is 11.5 Å².